The van der Waals surface area contributed by atoms with Gasteiger partial charge in [-0.1, -0.05) is 23.2 Å². The summed E-state index contributed by atoms with van der Waals surface area (Å²) in [5.41, 5.74) is 0.334. The van der Waals surface area contributed by atoms with Crippen molar-refractivity contribution in [1.29, 1.82) is 0 Å². The van der Waals surface area contributed by atoms with E-state index in [4.69, 9.17) is 32.7 Å². The van der Waals surface area contributed by atoms with Crippen LogP contribution in [0.2, 0.25) is 10.0 Å². The molecule has 0 aliphatic heterocycles. The van der Waals surface area contributed by atoms with Gasteiger partial charge in [-0.15, -0.1) is 0 Å². The predicted molar refractivity (Wildman–Crippen MR) is 103 cm³/mol. The van der Waals surface area contributed by atoms with Crippen molar-refractivity contribution in [2.75, 3.05) is 12.4 Å². The Morgan fingerprint density at radius 3 is 2.57 bits per heavy atom. The third-order valence-electron chi connectivity index (χ3n) is 3.65. The molecule has 1 heterocycles. The molecule has 0 saturated heterocycles. The lowest BCUT2D eigenvalue weighted by molar-refractivity contribution is -0.604. The van der Waals surface area contributed by atoms with Gasteiger partial charge < -0.3 is 20.0 Å². The highest BCUT2D eigenvalue weighted by molar-refractivity contribution is 6.42. The van der Waals surface area contributed by atoms with Crippen LogP contribution in [-0.2, 0) is 0 Å². The third kappa shape index (κ3) is 4.44. The van der Waals surface area contributed by atoms with Gasteiger partial charge in [0.2, 0.25) is 6.20 Å². The fraction of sp³-hybridized carbons (Fsp3) is 0.0526. The lowest BCUT2D eigenvalue weighted by Crippen LogP contribution is -2.25. The summed E-state index contributed by atoms with van der Waals surface area (Å²) < 4.78 is 24.8. The number of hydrogen-bond donors (Lipinski definition) is 1. The zero-order valence-corrected chi connectivity index (χ0v) is 15.9. The molecule has 0 bridgehead atoms. The summed E-state index contributed by atoms with van der Waals surface area (Å²) in [6.07, 6.45) is 2.48. The topological polar surface area (TPSA) is 74.5 Å². The van der Waals surface area contributed by atoms with Gasteiger partial charge in [-0.2, -0.15) is 4.73 Å². The molecule has 0 radical (unpaired) electrons. The van der Waals surface area contributed by atoms with Gasteiger partial charge in [0.1, 0.15) is 17.3 Å². The molecule has 0 fully saturated rings. The molecule has 28 heavy (non-hydrogen) atoms. The van der Waals surface area contributed by atoms with Gasteiger partial charge in [-0.05, 0) is 24.3 Å². The molecule has 0 spiro atoms. The maximum atomic E-state index is 13.4. The third-order valence-corrected chi connectivity index (χ3v) is 4.37. The second-order valence-corrected chi connectivity index (χ2v) is 6.38. The minimum absolute atomic E-state index is 0.0575. The lowest BCUT2D eigenvalue weighted by atomic mass is 10.1. The van der Waals surface area contributed by atoms with Crippen LogP contribution in [-0.4, -0.2) is 13.0 Å². The molecule has 6 nitrogen and oxygen atoms in total. The number of hydrogen-bond acceptors (Lipinski definition) is 4. The average molecular weight is 423 g/mol. The van der Waals surface area contributed by atoms with E-state index in [2.05, 4.69) is 5.32 Å². The first-order valence-corrected chi connectivity index (χ1v) is 8.63. The normalized spacial score (nSPS) is 10.4. The second kappa shape index (κ2) is 8.33. The van der Waals surface area contributed by atoms with Gasteiger partial charge >= 0.3 is 0 Å². The van der Waals surface area contributed by atoms with Crippen molar-refractivity contribution in [1.82, 2.24) is 0 Å². The molecular weight excluding hydrogens is 410 g/mol. The molecule has 1 amide bonds. The summed E-state index contributed by atoms with van der Waals surface area (Å²) in [5, 5.41) is 14.2. The summed E-state index contributed by atoms with van der Waals surface area (Å²) in [7, 11) is 1.36. The maximum Gasteiger partial charge on any atom is 0.259 e. The van der Waals surface area contributed by atoms with Crippen LogP contribution < -0.4 is 19.5 Å². The molecule has 0 aliphatic rings. The van der Waals surface area contributed by atoms with Crippen LogP contribution in [0.25, 0.3) is 0 Å². The number of ether oxygens (including phenoxy) is 2. The van der Waals surface area contributed by atoms with Crippen molar-refractivity contribution in [3.05, 3.63) is 81.5 Å². The molecular formula is C19H13Cl2FN2O4. The van der Waals surface area contributed by atoms with Crippen molar-refractivity contribution < 1.29 is 23.4 Å². The first-order chi connectivity index (χ1) is 13.4. The molecule has 2 aromatic carbocycles. The van der Waals surface area contributed by atoms with Crippen LogP contribution in [0.3, 0.4) is 0 Å². The SMILES string of the molecule is COc1cc(F)ccc1Oc1cc(Cl)c(Cl)cc1C(=O)Nc1ccc[n+]([O-])c1. The van der Waals surface area contributed by atoms with Crippen LogP contribution in [0.15, 0.2) is 54.9 Å². The van der Waals surface area contributed by atoms with E-state index < -0.39 is 11.7 Å². The van der Waals surface area contributed by atoms with Gasteiger partial charge in [-0.25, -0.2) is 4.39 Å². The number of nitrogens with one attached hydrogen (secondary N) is 1. The van der Waals surface area contributed by atoms with Gasteiger partial charge in [0.25, 0.3) is 5.91 Å². The van der Waals surface area contributed by atoms with Crippen LogP contribution >= 0.6 is 23.2 Å². The Hall–Kier alpha value is -3.03. The number of anilines is 1. The van der Waals surface area contributed by atoms with E-state index in [-0.39, 0.29) is 38.5 Å². The number of carbonyl (C=O) groups excluding carboxylic acids is 1. The van der Waals surface area contributed by atoms with Crippen LogP contribution in [0.1, 0.15) is 10.4 Å². The standard InChI is InChI=1S/C19H13Cl2FN2O4/c1-27-18-7-11(22)4-5-16(18)28-17-9-15(21)14(20)8-13(17)19(25)23-12-3-2-6-24(26)10-12/h2-10H,1H3,(H,23,25). The summed E-state index contributed by atoms with van der Waals surface area (Å²) in [5.74, 6) is -0.712. The molecule has 1 N–H and O–H groups in total. The van der Waals surface area contributed by atoms with E-state index in [9.17, 15) is 14.4 Å². The van der Waals surface area contributed by atoms with Crippen molar-refractivity contribution in [3.63, 3.8) is 0 Å². The maximum absolute atomic E-state index is 13.4. The Kier molecular flexibility index (Phi) is 5.87. The van der Waals surface area contributed by atoms with Crippen molar-refractivity contribution >= 4 is 34.8 Å². The second-order valence-electron chi connectivity index (χ2n) is 5.57. The molecule has 0 unspecified atom stereocenters. The first-order valence-electron chi connectivity index (χ1n) is 7.88. The number of carbonyl (C=O) groups is 1. The Morgan fingerprint density at radius 1 is 1.11 bits per heavy atom. The van der Waals surface area contributed by atoms with Crippen molar-refractivity contribution in [2.24, 2.45) is 0 Å². The van der Waals surface area contributed by atoms with E-state index in [1.165, 1.54) is 49.8 Å². The number of pyridine rings is 1. The molecule has 0 aliphatic carbocycles. The minimum Gasteiger partial charge on any atom is -0.619 e. The zero-order chi connectivity index (χ0) is 20.3. The number of halogens is 3. The Morgan fingerprint density at radius 2 is 1.86 bits per heavy atom. The Labute approximate surface area is 169 Å². The van der Waals surface area contributed by atoms with Gasteiger partial charge in [0.05, 0.1) is 22.7 Å². The molecule has 1 aromatic heterocycles. The smallest absolute Gasteiger partial charge is 0.259 e. The van der Waals surface area contributed by atoms with E-state index >= 15 is 0 Å². The Balaban J connectivity index is 1.97. The molecule has 3 aromatic rings. The van der Waals surface area contributed by atoms with Gasteiger partial charge in [0, 0.05) is 18.2 Å². The largest absolute Gasteiger partial charge is 0.619 e. The number of aromatic nitrogens is 1. The quantitative estimate of drug-likeness (QED) is 0.472. The van der Waals surface area contributed by atoms with Gasteiger partial charge in [-0.3, -0.25) is 4.79 Å². The Bertz CT molecular complexity index is 1050. The summed E-state index contributed by atoms with van der Waals surface area (Å²) in [6.45, 7) is 0. The fourth-order valence-electron chi connectivity index (χ4n) is 2.36. The molecule has 0 atom stereocenters. The number of nitrogens with zero attached hydrogens (tertiary/aromatic N) is 1. The monoisotopic (exact) mass is 422 g/mol. The first kappa shape index (κ1) is 19.7. The van der Waals surface area contributed by atoms with Gasteiger partial charge in [0.15, 0.2) is 17.7 Å². The highest BCUT2D eigenvalue weighted by Gasteiger charge is 2.19. The van der Waals surface area contributed by atoms with E-state index in [0.717, 1.165) is 6.07 Å². The summed E-state index contributed by atoms with van der Waals surface area (Å²) in [4.78, 5) is 12.7. The number of methoxy groups -OCH3 is 1. The average Bonchev–Trinajstić information content (AvgIpc) is 2.65. The molecule has 9 heteroatoms. The van der Waals surface area contributed by atoms with Crippen LogP contribution in [0, 0.1) is 11.0 Å². The molecule has 144 valence electrons. The number of benzene rings is 2. The van der Waals surface area contributed by atoms with Crippen LogP contribution in [0.5, 0.6) is 17.2 Å². The highest BCUT2D eigenvalue weighted by atomic mass is 35.5. The predicted octanol–water partition coefficient (Wildman–Crippen LogP) is 4.82. The highest BCUT2D eigenvalue weighted by Crippen LogP contribution is 2.37. The number of rotatable bonds is 5. The lowest BCUT2D eigenvalue weighted by Gasteiger charge is -2.15. The van der Waals surface area contributed by atoms with Crippen molar-refractivity contribution in [2.45, 2.75) is 0 Å². The molecule has 0 saturated carbocycles. The van der Waals surface area contributed by atoms with Crippen molar-refractivity contribution in [3.8, 4) is 17.2 Å². The minimum atomic E-state index is -0.583. The van der Waals surface area contributed by atoms with Crippen LogP contribution in [0.4, 0.5) is 10.1 Å². The fourth-order valence-corrected chi connectivity index (χ4v) is 2.68. The van der Waals surface area contributed by atoms with E-state index in [1.54, 1.807) is 6.07 Å². The molecule has 3 rings (SSSR count). The van der Waals surface area contributed by atoms with E-state index in [1.807, 2.05) is 0 Å². The van der Waals surface area contributed by atoms with E-state index in [0.29, 0.717) is 4.73 Å². The number of amides is 1. The zero-order valence-electron chi connectivity index (χ0n) is 14.4. The summed E-state index contributed by atoms with van der Waals surface area (Å²) in [6, 6.07) is 9.41. The summed E-state index contributed by atoms with van der Waals surface area (Å²) >= 11 is 12.1.